The Morgan fingerprint density at radius 3 is 2.56 bits per heavy atom. The summed E-state index contributed by atoms with van der Waals surface area (Å²) in [6, 6.07) is 9.54. The minimum Gasteiger partial charge on any atom is -0.479 e. The Labute approximate surface area is 147 Å². The van der Waals surface area contributed by atoms with Gasteiger partial charge in [-0.05, 0) is 25.3 Å². The van der Waals surface area contributed by atoms with Gasteiger partial charge in [-0.3, -0.25) is 4.79 Å². The van der Waals surface area contributed by atoms with E-state index < -0.39 is 39.7 Å². The van der Waals surface area contributed by atoms with E-state index in [1.54, 1.807) is 6.92 Å². The molecular formula is C17H23NO6S. The highest BCUT2D eigenvalue weighted by Crippen LogP contribution is 2.13. The Morgan fingerprint density at radius 1 is 1.24 bits per heavy atom. The predicted octanol–water partition coefficient (Wildman–Crippen LogP) is 0.734. The molecule has 1 amide bonds. The van der Waals surface area contributed by atoms with E-state index in [1.165, 1.54) is 4.90 Å². The Bertz CT molecular complexity index is 703. The minimum absolute atomic E-state index is 0.0735. The SMILES string of the molecule is C[C@@H]1CN(C(=O)CS(=O)(=O)CCCc2ccccc2)CC(C(=O)O)O1. The molecule has 8 heteroatoms. The third-order valence-electron chi connectivity index (χ3n) is 4.00. The van der Waals surface area contributed by atoms with Crippen molar-refractivity contribution < 1.29 is 27.9 Å². The summed E-state index contributed by atoms with van der Waals surface area (Å²) in [4.78, 5) is 24.6. The van der Waals surface area contributed by atoms with Crippen LogP contribution in [0.4, 0.5) is 0 Å². The van der Waals surface area contributed by atoms with E-state index in [1.807, 2.05) is 30.3 Å². The van der Waals surface area contributed by atoms with E-state index >= 15 is 0 Å². The highest BCUT2D eigenvalue weighted by atomic mass is 32.2. The standard InChI is InChI=1S/C17H23NO6S/c1-13-10-18(11-15(24-13)17(20)21)16(19)12-25(22,23)9-5-8-14-6-3-2-4-7-14/h2-4,6-7,13,15H,5,8-12H2,1H3,(H,20,21)/t13-,15?/m1/s1. The molecule has 7 nitrogen and oxygen atoms in total. The summed E-state index contributed by atoms with van der Waals surface area (Å²) in [5, 5.41) is 9.03. The van der Waals surface area contributed by atoms with Crippen LogP contribution >= 0.6 is 0 Å². The lowest BCUT2D eigenvalue weighted by Crippen LogP contribution is -2.53. The Balaban J connectivity index is 1.86. The van der Waals surface area contributed by atoms with Crippen molar-refractivity contribution in [2.45, 2.75) is 32.0 Å². The Hall–Kier alpha value is -1.93. The molecule has 0 aliphatic carbocycles. The van der Waals surface area contributed by atoms with E-state index in [-0.39, 0.29) is 18.8 Å². The van der Waals surface area contributed by atoms with Gasteiger partial charge in [-0.15, -0.1) is 0 Å². The van der Waals surface area contributed by atoms with Gasteiger partial charge in [0.15, 0.2) is 15.9 Å². The normalized spacial score (nSPS) is 21.1. The van der Waals surface area contributed by atoms with Crippen LogP contribution in [0.3, 0.4) is 0 Å². The third-order valence-corrected chi connectivity index (χ3v) is 5.59. The van der Waals surface area contributed by atoms with Gasteiger partial charge in [0.25, 0.3) is 0 Å². The largest absolute Gasteiger partial charge is 0.479 e. The smallest absolute Gasteiger partial charge is 0.334 e. The number of hydrogen-bond donors (Lipinski definition) is 1. The fraction of sp³-hybridized carbons (Fsp3) is 0.529. The number of rotatable bonds is 7. The third kappa shape index (κ3) is 6.13. The number of carboxylic acid groups (broad SMARTS) is 1. The van der Waals surface area contributed by atoms with Gasteiger partial charge in [-0.2, -0.15) is 0 Å². The summed E-state index contributed by atoms with van der Waals surface area (Å²) in [5.74, 6) is -2.40. The second-order valence-electron chi connectivity index (χ2n) is 6.25. The topological polar surface area (TPSA) is 101 Å². The van der Waals surface area contributed by atoms with Crippen LogP contribution in [0.25, 0.3) is 0 Å². The number of amides is 1. The minimum atomic E-state index is -3.53. The van der Waals surface area contributed by atoms with Gasteiger partial charge >= 0.3 is 5.97 Å². The maximum absolute atomic E-state index is 12.3. The van der Waals surface area contributed by atoms with E-state index in [9.17, 15) is 18.0 Å². The average molecular weight is 369 g/mol. The van der Waals surface area contributed by atoms with Gasteiger partial charge in [0.05, 0.1) is 18.4 Å². The summed E-state index contributed by atoms with van der Waals surface area (Å²) in [6.07, 6.45) is -0.492. The first-order chi connectivity index (χ1) is 11.8. The fourth-order valence-electron chi connectivity index (χ4n) is 2.78. The van der Waals surface area contributed by atoms with Gasteiger partial charge < -0.3 is 14.7 Å². The second-order valence-corrected chi connectivity index (χ2v) is 8.44. The number of sulfone groups is 1. The van der Waals surface area contributed by atoms with Gasteiger partial charge in [0, 0.05) is 6.54 Å². The van der Waals surface area contributed by atoms with Crippen molar-refractivity contribution in [1.29, 1.82) is 0 Å². The monoisotopic (exact) mass is 369 g/mol. The maximum atomic E-state index is 12.3. The van der Waals surface area contributed by atoms with E-state index in [0.717, 1.165) is 5.56 Å². The molecule has 1 unspecified atom stereocenters. The van der Waals surface area contributed by atoms with Crippen molar-refractivity contribution in [3.63, 3.8) is 0 Å². The molecule has 1 aromatic carbocycles. The van der Waals surface area contributed by atoms with Crippen LogP contribution in [-0.4, -0.2) is 67.1 Å². The van der Waals surface area contributed by atoms with E-state index in [4.69, 9.17) is 9.84 Å². The van der Waals surface area contributed by atoms with Crippen molar-refractivity contribution in [2.75, 3.05) is 24.6 Å². The molecule has 0 aromatic heterocycles. The van der Waals surface area contributed by atoms with Crippen molar-refractivity contribution in [1.82, 2.24) is 4.90 Å². The fourth-order valence-corrected chi connectivity index (χ4v) is 4.07. The van der Waals surface area contributed by atoms with Crippen molar-refractivity contribution >= 4 is 21.7 Å². The molecule has 1 fully saturated rings. The first-order valence-corrected chi connectivity index (χ1v) is 9.99. The number of hydrogen-bond acceptors (Lipinski definition) is 5. The summed E-state index contributed by atoms with van der Waals surface area (Å²) in [7, 11) is -3.53. The molecule has 1 aliphatic rings. The maximum Gasteiger partial charge on any atom is 0.334 e. The Kier molecular flexibility index (Phi) is 6.55. The van der Waals surface area contributed by atoms with E-state index in [2.05, 4.69) is 0 Å². The summed E-state index contributed by atoms with van der Waals surface area (Å²) in [6.45, 7) is 1.73. The molecular weight excluding hydrogens is 346 g/mol. The number of carbonyl (C=O) groups excluding carboxylic acids is 1. The van der Waals surface area contributed by atoms with Crippen LogP contribution < -0.4 is 0 Å². The molecule has 1 N–H and O–H groups in total. The molecule has 0 spiro atoms. The highest BCUT2D eigenvalue weighted by Gasteiger charge is 2.33. The molecule has 1 aliphatic heterocycles. The summed E-state index contributed by atoms with van der Waals surface area (Å²) < 4.78 is 29.6. The average Bonchev–Trinajstić information content (AvgIpc) is 2.54. The van der Waals surface area contributed by atoms with Gasteiger partial charge in [-0.1, -0.05) is 30.3 Å². The molecule has 0 bridgehead atoms. The van der Waals surface area contributed by atoms with Crippen molar-refractivity contribution in [3.05, 3.63) is 35.9 Å². The lowest BCUT2D eigenvalue weighted by Gasteiger charge is -2.34. The Morgan fingerprint density at radius 2 is 1.92 bits per heavy atom. The molecule has 25 heavy (non-hydrogen) atoms. The first-order valence-electron chi connectivity index (χ1n) is 8.17. The number of benzene rings is 1. The summed E-state index contributed by atoms with van der Waals surface area (Å²) in [5.41, 5.74) is 1.05. The number of ether oxygens (including phenoxy) is 1. The lowest BCUT2D eigenvalue weighted by molar-refractivity contribution is -0.165. The van der Waals surface area contributed by atoms with Crippen LogP contribution in [0.1, 0.15) is 18.9 Å². The second kappa shape index (κ2) is 8.44. The van der Waals surface area contributed by atoms with Crippen LogP contribution in [-0.2, 0) is 30.6 Å². The molecule has 1 aromatic rings. The molecule has 138 valence electrons. The molecule has 2 rings (SSSR count). The molecule has 0 saturated carbocycles. The zero-order chi connectivity index (χ0) is 18.4. The highest BCUT2D eigenvalue weighted by molar-refractivity contribution is 7.92. The molecule has 2 atom stereocenters. The zero-order valence-corrected chi connectivity index (χ0v) is 14.9. The number of aliphatic carboxylic acids is 1. The van der Waals surface area contributed by atoms with Crippen LogP contribution in [0, 0.1) is 0 Å². The number of nitrogens with zero attached hydrogens (tertiary/aromatic N) is 1. The molecule has 1 heterocycles. The lowest BCUT2D eigenvalue weighted by atomic mass is 10.1. The van der Waals surface area contributed by atoms with Crippen LogP contribution in [0.5, 0.6) is 0 Å². The number of carboxylic acids is 1. The molecule has 1 saturated heterocycles. The van der Waals surface area contributed by atoms with Gasteiger partial charge in [0.2, 0.25) is 5.91 Å². The van der Waals surface area contributed by atoms with E-state index in [0.29, 0.717) is 12.8 Å². The van der Waals surface area contributed by atoms with Crippen molar-refractivity contribution in [2.24, 2.45) is 0 Å². The number of morpholine rings is 1. The van der Waals surface area contributed by atoms with Crippen LogP contribution in [0.15, 0.2) is 30.3 Å². The van der Waals surface area contributed by atoms with Gasteiger partial charge in [0.1, 0.15) is 5.75 Å². The zero-order valence-electron chi connectivity index (χ0n) is 14.1. The van der Waals surface area contributed by atoms with Gasteiger partial charge in [-0.25, -0.2) is 13.2 Å². The van der Waals surface area contributed by atoms with Crippen LogP contribution in [0.2, 0.25) is 0 Å². The predicted molar refractivity (Wildman–Crippen MR) is 92.0 cm³/mol. The first kappa shape index (κ1) is 19.4. The van der Waals surface area contributed by atoms with Crippen molar-refractivity contribution in [3.8, 4) is 0 Å². The molecule has 0 radical (unpaired) electrons. The quantitative estimate of drug-likeness (QED) is 0.761. The number of carbonyl (C=O) groups is 2. The number of aryl methyl sites for hydroxylation is 1. The summed E-state index contributed by atoms with van der Waals surface area (Å²) >= 11 is 0.